The van der Waals surface area contributed by atoms with Gasteiger partial charge in [0.2, 0.25) is 58.3 Å². The van der Waals surface area contributed by atoms with Crippen LogP contribution in [0.5, 0.6) is 11.5 Å². The number of phenolic OH excluding ortho intramolecular Hbond substituents is 2. The Morgan fingerprint density at radius 1 is 0.688 bits per heavy atom. The van der Waals surface area contributed by atoms with Gasteiger partial charge in [-0.05, 0) is 46.9 Å². The number of aromatic hydroxyl groups is 2. The fraction of sp³-hybridized carbons (Fsp3) is 0.396. The molecular formula is C48H59F3N10O15S. The molecule has 4 rings (SSSR count). The molecule has 29 heteroatoms. The van der Waals surface area contributed by atoms with Crippen molar-refractivity contribution in [1.29, 1.82) is 0 Å². The van der Waals surface area contributed by atoms with Crippen LogP contribution in [0.1, 0.15) is 37.0 Å². The van der Waals surface area contributed by atoms with Crippen LogP contribution >= 0.6 is 11.8 Å². The summed E-state index contributed by atoms with van der Waals surface area (Å²) in [6.07, 6.45) is -6.17. The number of benzene rings is 3. The van der Waals surface area contributed by atoms with Crippen molar-refractivity contribution in [3.05, 3.63) is 95.6 Å². The molecule has 7 atom stereocenters. The molecule has 0 aromatic heterocycles. The summed E-state index contributed by atoms with van der Waals surface area (Å²) in [5.41, 5.74) is 12.7. The largest absolute Gasteiger partial charge is 0.508 e. The third-order valence-corrected chi connectivity index (χ3v) is 11.9. The molecule has 1 aliphatic rings. The van der Waals surface area contributed by atoms with Crippen molar-refractivity contribution in [2.75, 3.05) is 25.4 Å². The van der Waals surface area contributed by atoms with Crippen LogP contribution in [0.2, 0.25) is 0 Å². The minimum Gasteiger partial charge on any atom is -0.508 e. The quantitative estimate of drug-likeness (QED) is 0.0605. The van der Waals surface area contributed by atoms with Crippen molar-refractivity contribution in [2.24, 2.45) is 17.4 Å². The number of amides is 9. The molecule has 418 valence electrons. The third kappa shape index (κ3) is 22.2. The van der Waals surface area contributed by atoms with Gasteiger partial charge in [0.25, 0.3) is 0 Å². The van der Waals surface area contributed by atoms with Gasteiger partial charge in [-0.25, -0.2) is 4.79 Å². The number of carboxylic acid groups (broad SMARTS) is 1. The molecular weight excluding hydrogens is 1050 g/mol. The molecule has 3 aromatic rings. The Hall–Kier alpha value is -8.31. The summed E-state index contributed by atoms with van der Waals surface area (Å²) < 4.78 is 31.7. The van der Waals surface area contributed by atoms with Crippen LogP contribution in [0.3, 0.4) is 0 Å². The number of carbonyl (C=O) groups is 11. The van der Waals surface area contributed by atoms with E-state index >= 15 is 0 Å². The number of hydrogen-bond donors (Lipinski definition) is 14. The Bertz CT molecular complexity index is 2580. The average molecular weight is 1110 g/mol. The molecule has 16 N–H and O–H groups in total. The molecule has 0 aliphatic carbocycles. The maximum atomic E-state index is 14.1. The van der Waals surface area contributed by atoms with Gasteiger partial charge >= 0.3 is 12.1 Å². The zero-order valence-corrected chi connectivity index (χ0v) is 42.1. The van der Waals surface area contributed by atoms with Crippen LogP contribution in [0.15, 0.2) is 78.9 Å². The SMILES string of the molecule is CC(C)[C@H](NC(=O)[C@H](CC(N)=O)NC(=O)[C@H](Cc1ccc(O)cc1)NC(=O)[C@@H](N)CO)C(=O)N[C@H]1CSC(=O)[C@H](Cc2ccccc2)NC(=O)[C@H](Cc2ccc(O)cc2)NC(=O)CNC(=O)CNC1=O.O=C(O)C(F)(F)F. The lowest BCUT2D eigenvalue weighted by molar-refractivity contribution is -0.192. The van der Waals surface area contributed by atoms with Gasteiger partial charge < -0.3 is 74.4 Å². The van der Waals surface area contributed by atoms with E-state index in [1.165, 1.54) is 50.2 Å². The summed E-state index contributed by atoms with van der Waals surface area (Å²) in [6, 6.07) is 9.93. The van der Waals surface area contributed by atoms with E-state index in [1.54, 1.807) is 42.5 Å². The van der Waals surface area contributed by atoms with Crippen LogP contribution in [0.4, 0.5) is 13.2 Å². The molecule has 0 spiro atoms. The van der Waals surface area contributed by atoms with E-state index < -0.39 is 151 Å². The standard InChI is InChI=1S/C46H58N10O13S.C2HF3O2/c1-24(2)39(56-44(67)33(19-36(48)60)53-43(66)32(52-40(63)30(47)22-57)17-27-10-14-29(59)15-11-27)45(68)55-35-23-70-46(69)34(18-25-6-4-3-5-7-25)54-42(65)31(16-26-8-12-28(58)13-9-26)51-38(62)21-49-37(61)20-50-41(35)64;3-2(4,5)1(6)7/h3-15,24,30-35,39,57-59H,16-23,47H2,1-2H3,(H2,48,60)(H,49,61)(H,50,64)(H,51,62)(H,52,63)(H,53,66)(H,54,65)(H,55,68)(H,56,67);(H,6,7)/t30-,31-,32-,33-,34-,35-,39-;/m0./s1. The molecule has 9 amide bonds. The van der Waals surface area contributed by atoms with Gasteiger partial charge in [-0.2, -0.15) is 13.2 Å². The Morgan fingerprint density at radius 2 is 1.21 bits per heavy atom. The van der Waals surface area contributed by atoms with Gasteiger partial charge in [0.05, 0.1) is 26.1 Å². The van der Waals surface area contributed by atoms with Crippen molar-refractivity contribution in [3.8, 4) is 11.5 Å². The molecule has 1 heterocycles. The summed E-state index contributed by atoms with van der Waals surface area (Å²) in [5.74, 6) is -12.4. The summed E-state index contributed by atoms with van der Waals surface area (Å²) in [6.45, 7) is 0.987. The van der Waals surface area contributed by atoms with E-state index in [4.69, 9.17) is 21.4 Å². The van der Waals surface area contributed by atoms with Gasteiger partial charge in [0, 0.05) is 25.0 Å². The highest BCUT2D eigenvalue weighted by atomic mass is 32.2. The van der Waals surface area contributed by atoms with E-state index in [-0.39, 0.29) is 30.8 Å². The predicted molar refractivity (Wildman–Crippen MR) is 266 cm³/mol. The van der Waals surface area contributed by atoms with Gasteiger partial charge in [-0.1, -0.05) is 80.2 Å². The van der Waals surface area contributed by atoms with Crippen LogP contribution < -0.4 is 54.0 Å². The van der Waals surface area contributed by atoms with Crippen LogP contribution in [-0.2, 0) is 72.0 Å². The Labute approximate surface area is 441 Å². The normalized spacial score (nSPS) is 18.2. The number of carbonyl (C=O) groups excluding carboxylic acids is 10. The number of aliphatic hydroxyl groups excluding tert-OH is 1. The summed E-state index contributed by atoms with van der Waals surface area (Å²) >= 11 is 0.572. The van der Waals surface area contributed by atoms with E-state index in [0.29, 0.717) is 28.5 Å². The van der Waals surface area contributed by atoms with E-state index in [0.717, 1.165) is 0 Å². The van der Waals surface area contributed by atoms with Crippen LogP contribution in [0.25, 0.3) is 0 Å². The number of nitrogens with one attached hydrogen (secondary N) is 8. The number of hydrogen-bond acceptors (Lipinski definition) is 16. The number of phenols is 2. The number of halogens is 3. The van der Waals surface area contributed by atoms with Crippen LogP contribution in [0, 0.1) is 5.92 Å². The molecule has 1 aliphatic heterocycles. The number of carboxylic acids is 1. The lowest BCUT2D eigenvalue weighted by atomic mass is 10.0. The lowest BCUT2D eigenvalue weighted by Gasteiger charge is -2.28. The fourth-order valence-electron chi connectivity index (χ4n) is 6.79. The molecule has 1 fully saturated rings. The second-order valence-corrected chi connectivity index (χ2v) is 18.4. The van der Waals surface area contributed by atoms with Gasteiger partial charge in [-0.15, -0.1) is 0 Å². The summed E-state index contributed by atoms with van der Waals surface area (Å²) in [5, 5.41) is 55.1. The number of rotatable bonds is 18. The van der Waals surface area contributed by atoms with Crippen molar-refractivity contribution in [3.63, 3.8) is 0 Å². The van der Waals surface area contributed by atoms with Crippen molar-refractivity contribution in [2.45, 2.75) is 88.0 Å². The third-order valence-electron chi connectivity index (χ3n) is 10.9. The molecule has 0 bridgehead atoms. The monoisotopic (exact) mass is 1100 g/mol. The minimum absolute atomic E-state index is 0.0256. The second-order valence-electron chi connectivity index (χ2n) is 17.4. The predicted octanol–water partition coefficient (Wildman–Crippen LogP) is -2.98. The second kappa shape index (κ2) is 30.3. The van der Waals surface area contributed by atoms with E-state index in [9.17, 15) is 76.4 Å². The van der Waals surface area contributed by atoms with E-state index in [2.05, 4.69) is 42.5 Å². The average Bonchev–Trinajstić information content (AvgIpc) is 3.37. The Morgan fingerprint density at radius 3 is 1.75 bits per heavy atom. The zero-order valence-electron chi connectivity index (χ0n) is 41.3. The fourth-order valence-corrected chi connectivity index (χ4v) is 7.70. The molecule has 0 saturated carbocycles. The maximum Gasteiger partial charge on any atom is 0.490 e. The topological polar surface area (TPSA) is 417 Å². The number of alkyl halides is 3. The van der Waals surface area contributed by atoms with Crippen LogP contribution in [-0.4, -0.2) is 159 Å². The lowest BCUT2D eigenvalue weighted by Crippen LogP contribution is -2.61. The highest BCUT2D eigenvalue weighted by Crippen LogP contribution is 2.17. The van der Waals surface area contributed by atoms with Crippen molar-refractivity contribution in [1.82, 2.24) is 42.5 Å². The highest BCUT2D eigenvalue weighted by molar-refractivity contribution is 8.13. The van der Waals surface area contributed by atoms with Crippen molar-refractivity contribution < 1.29 is 86.3 Å². The summed E-state index contributed by atoms with van der Waals surface area (Å²) in [4.78, 5) is 143. The first-order chi connectivity index (χ1) is 36.2. The number of primary amides is 1. The first kappa shape index (κ1) is 63.0. The first-order valence-electron chi connectivity index (χ1n) is 23.2. The van der Waals surface area contributed by atoms with Gasteiger partial charge in [-0.3, -0.25) is 47.9 Å². The molecule has 1 saturated heterocycles. The molecule has 3 aromatic carbocycles. The number of aliphatic hydroxyl groups is 1. The molecule has 0 radical (unpaired) electrons. The van der Waals surface area contributed by atoms with Gasteiger partial charge in [0.1, 0.15) is 53.8 Å². The highest BCUT2D eigenvalue weighted by Gasteiger charge is 2.39. The smallest absolute Gasteiger partial charge is 0.490 e. The summed E-state index contributed by atoms with van der Waals surface area (Å²) in [7, 11) is 0. The maximum absolute atomic E-state index is 14.1. The zero-order chi connectivity index (χ0) is 57.6. The number of nitrogens with two attached hydrogens (primary N) is 2. The molecule has 25 nitrogen and oxygen atoms in total. The molecule has 0 unspecified atom stereocenters. The van der Waals surface area contributed by atoms with E-state index in [1.807, 2.05) is 0 Å². The molecule has 77 heavy (non-hydrogen) atoms. The Kier molecular flexibility index (Phi) is 24.8. The van der Waals surface area contributed by atoms with Gasteiger partial charge in [0.15, 0.2) is 0 Å². The minimum atomic E-state index is -5.08. The Balaban J connectivity index is 0.00000208. The van der Waals surface area contributed by atoms with Crippen molar-refractivity contribution >= 4 is 76.0 Å². The number of aliphatic carboxylic acids is 1. The number of thioether (sulfide) groups is 1. The first-order valence-corrected chi connectivity index (χ1v) is 24.2.